The molecule has 0 saturated carbocycles. The first-order chi connectivity index (χ1) is 16.8. The van der Waals surface area contributed by atoms with Gasteiger partial charge in [0.15, 0.2) is 0 Å². The van der Waals surface area contributed by atoms with Crippen LogP contribution in [0.4, 0.5) is 0 Å². The van der Waals surface area contributed by atoms with Gasteiger partial charge in [0.05, 0.1) is 6.61 Å². The third-order valence-corrected chi connectivity index (χ3v) is 6.59. The number of ether oxygens (including phenoxy) is 1. The molecule has 0 heterocycles. The van der Waals surface area contributed by atoms with Crippen molar-refractivity contribution in [1.82, 2.24) is 0 Å². The van der Waals surface area contributed by atoms with Gasteiger partial charge in [-0.1, -0.05) is 141 Å². The molecule has 0 aliphatic heterocycles. The van der Waals surface area contributed by atoms with Gasteiger partial charge in [0, 0.05) is 6.42 Å². The van der Waals surface area contributed by atoms with E-state index in [2.05, 4.69) is 38.2 Å². The molecular formula is C32H60O2. The van der Waals surface area contributed by atoms with Gasteiger partial charge in [-0.2, -0.15) is 0 Å². The third-order valence-electron chi connectivity index (χ3n) is 6.59. The smallest absolute Gasteiger partial charge is 0.305 e. The van der Waals surface area contributed by atoms with Gasteiger partial charge in [-0.3, -0.25) is 4.79 Å². The summed E-state index contributed by atoms with van der Waals surface area (Å²) in [6.07, 6.45) is 39.3. The maximum Gasteiger partial charge on any atom is 0.305 e. The van der Waals surface area contributed by atoms with Crippen LogP contribution in [-0.2, 0) is 9.53 Å². The van der Waals surface area contributed by atoms with E-state index in [9.17, 15) is 4.79 Å². The Morgan fingerprint density at radius 2 is 0.912 bits per heavy atom. The summed E-state index contributed by atoms with van der Waals surface area (Å²) in [5.74, 6) is 0.0125. The minimum atomic E-state index is 0.0125. The summed E-state index contributed by atoms with van der Waals surface area (Å²) >= 11 is 0. The quantitative estimate of drug-likeness (QED) is 0.0669. The largest absolute Gasteiger partial charge is 0.466 e. The molecule has 0 amide bonds. The van der Waals surface area contributed by atoms with Crippen molar-refractivity contribution in [3.05, 3.63) is 24.3 Å². The second-order valence-corrected chi connectivity index (χ2v) is 10.1. The average molecular weight is 477 g/mol. The second kappa shape index (κ2) is 30.0. The molecule has 200 valence electrons. The van der Waals surface area contributed by atoms with Crippen molar-refractivity contribution in [3.63, 3.8) is 0 Å². The van der Waals surface area contributed by atoms with E-state index in [0.717, 1.165) is 19.3 Å². The van der Waals surface area contributed by atoms with Crippen LogP contribution in [0.3, 0.4) is 0 Å². The summed E-state index contributed by atoms with van der Waals surface area (Å²) in [5, 5.41) is 0. The van der Waals surface area contributed by atoms with E-state index < -0.39 is 0 Å². The number of esters is 1. The number of rotatable bonds is 27. The Balaban J connectivity index is 3.23. The molecule has 0 aromatic carbocycles. The van der Waals surface area contributed by atoms with Gasteiger partial charge in [-0.25, -0.2) is 0 Å². The van der Waals surface area contributed by atoms with Crippen molar-refractivity contribution in [3.8, 4) is 0 Å². The van der Waals surface area contributed by atoms with Crippen molar-refractivity contribution >= 4 is 5.97 Å². The summed E-state index contributed by atoms with van der Waals surface area (Å²) in [6.45, 7) is 5.14. The van der Waals surface area contributed by atoms with Crippen LogP contribution in [0.1, 0.15) is 168 Å². The van der Waals surface area contributed by atoms with Gasteiger partial charge in [0.1, 0.15) is 0 Å². The van der Waals surface area contributed by atoms with Crippen molar-refractivity contribution in [2.75, 3.05) is 6.61 Å². The fourth-order valence-corrected chi connectivity index (χ4v) is 4.28. The first kappa shape index (κ1) is 33.0. The third kappa shape index (κ3) is 29.0. The average Bonchev–Trinajstić information content (AvgIpc) is 2.84. The standard InChI is InChI=1S/C32H60O2/c1-3-5-7-9-11-13-15-16-17-18-19-21-23-25-27-29-31-34-32(33)30-28-26-24-22-20-14-12-10-8-6-4-2/h11,13,16-17H,3-10,12,14-15,18-31H2,1-2H3/b13-11-,17-16+. The molecule has 0 fully saturated rings. The lowest BCUT2D eigenvalue weighted by atomic mass is 10.1. The van der Waals surface area contributed by atoms with Crippen LogP contribution < -0.4 is 0 Å². The van der Waals surface area contributed by atoms with E-state index in [1.54, 1.807) is 0 Å². The summed E-state index contributed by atoms with van der Waals surface area (Å²) in [6, 6.07) is 0. The maximum absolute atomic E-state index is 11.8. The fraction of sp³-hybridized carbons (Fsp3) is 0.844. The van der Waals surface area contributed by atoms with Gasteiger partial charge in [0.25, 0.3) is 0 Å². The fourth-order valence-electron chi connectivity index (χ4n) is 4.28. The topological polar surface area (TPSA) is 26.3 Å². The zero-order valence-electron chi connectivity index (χ0n) is 23.3. The van der Waals surface area contributed by atoms with E-state index in [1.165, 1.54) is 128 Å². The molecular weight excluding hydrogens is 416 g/mol. The molecule has 0 aromatic rings. The zero-order chi connectivity index (χ0) is 24.8. The van der Waals surface area contributed by atoms with Crippen LogP contribution >= 0.6 is 0 Å². The van der Waals surface area contributed by atoms with Crippen molar-refractivity contribution in [1.29, 1.82) is 0 Å². The van der Waals surface area contributed by atoms with Crippen molar-refractivity contribution < 1.29 is 9.53 Å². The molecule has 0 rings (SSSR count). The molecule has 0 radical (unpaired) electrons. The van der Waals surface area contributed by atoms with Crippen LogP contribution in [0.25, 0.3) is 0 Å². The highest BCUT2D eigenvalue weighted by molar-refractivity contribution is 5.69. The van der Waals surface area contributed by atoms with Gasteiger partial charge >= 0.3 is 5.97 Å². The molecule has 0 N–H and O–H groups in total. The van der Waals surface area contributed by atoms with Gasteiger partial charge in [-0.05, 0) is 44.9 Å². The SMILES string of the molecule is CCCCC/C=C\C/C=C/CCCCCCCCOC(=O)CCCCCCCCCCCCC. The number of hydrogen-bond donors (Lipinski definition) is 0. The molecule has 0 bridgehead atoms. The van der Waals surface area contributed by atoms with Crippen molar-refractivity contribution in [2.24, 2.45) is 0 Å². The lowest BCUT2D eigenvalue weighted by molar-refractivity contribution is -0.143. The van der Waals surface area contributed by atoms with E-state index >= 15 is 0 Å². The summed E-state index contributed by atoms with van der Waals surface area (Å²) in [7, 11) is 0. The summed E-state index contributed by atoms with van der Waals surface area (Å²) in [4.78, 5) is 11.8. The number of unbranched alkanes of at least 4 members (excludes halogenated alkanes) is 19. The highest BCUT2D eigenvalue weighted by Crippen LogP contribution is 2.12. The number of hydrogen-bond acceptors (Lipinski definition) is 2. The Bertz CT molecular complexity index is 452. The van der Waals surface area contributed by atoms with E-state index in [-0.39, 0.29) is 5.97 Å². The normalized spacial score (nSPS) is 11.7. The predicted octanol–water partition coefficient (Wildman–Crippen LogP) is 11.0. The minimum Gasteiger partial charge on any atom is -0.466 e. The number of carbonyl (C=O) groups is 1. The molecule has 0 spiro atoms. The summed E-state index contributed by atoms with van der Waals surface area (Å²) in [5.41, 5.74) is 0. The molecule has 2 nitrogen and oxygen atoms in total. The van der Waals surface area contributed by atoms with Gasteiger partial charge in [0.2, 0.25) is 0 Å². The molecule has 0 aromatic heterocycles. The highest BCUT2D eigenvalue weighted by atomic mass is 16.5. The van der Waals surface area contributed by atoms with E-state index in [1.807, 2.05) is 0 Å². The Morgan fingerprint density at radius 3 is 1.47 bits per heavy atom. The molecule has 34 heavy (non-hydrogen) atoms. The van der Waals surface area contributed by atoms with Crippen LogP contribution in [0.5, 0.6) is 0 Å². The van der Waals surface area contributed by atoms with Gasteiger partial charge in [-0.15, -0.1) is 0 Å². The lowest BCUT2D eigenvalue weighted by Crippen LogP contribution is -2.05. The second-order valence-electron chi connectivity index (χ2n) is 10.1. The molecule has 0 saturated heterocycles. The molecule has 0 atom stereocenters. The first-order valence-electron chi connectivity index (χ1n) is 15.3. The highest BCUT2D eigenvalue weighted by Gasteiger charge is 2.02. The first-order valence-corrected chi connectivity index (χ1v) is 15.3. The Kier molecular flexibility index (Phi) is 29.1. The van der Waals surface area contributed by atoms with E-state index in [0.29, 0.717) is 13.0 Å². The molecule has 2 heteroatoms. The lowest BCUT2D eigenvalue weighted by Gasteiger charge is -2.05. The monoisotopic (exact) mass is 476 g/mol. The molecule has 0 aliphatic carbocycles. The summed E-state index contributed by atoms with van der Waals surface area (Å²) < 4.78 is 5.40. The van der Waals surface area contributed by atoms with Crippen LogP contribution in [0, 0.1) is 0 Å². The number of carbonyl (C=O) groups excluding carboxylic acids is 1. The van der Waals surface area contributed by atoms with Crippen LogP contribution in [-0.4, -0.2) is 12.6 Å². The van der Waals surface area contributed by atoms with Crippen LogP contribution in [0.2, 0.25) is 0 Å². The van der Waals surface area contributed by atoms with E-state index in [4.69, 9.17) is 4.74 Å². The maximum atomic E-state index is 11.8. The zero-order valence-corrected chi connectivity index (χ0v) is 23.3. The van der Waals surface area contributed by atoms with Gasteiger partial charge < -0.3 is 4.74 Å². The predicted molar refractivity (Wildman–Crippen MR) is 151 cm³/mol. The number of allylic oxidation sites excluding steroid dienone is 4. The Labute approximate surface area is 214 Å². The molecule has 0 unspecified atom stereocenters. The molecule has 0 aliphatic rings. The Hall–Kier alpha value is -1.05. The van der Waals surface area contributed by atoms with Crippen LogP contribution in [0.15, 0.2) is 24.3 Å². The minimum absolute atomic E-state index is 0.0125. The van der Waals surface area contributed by atoms with Crippen molar-refractivity contribution in [2.45, 2.75) is 168 Å². The Morgan fingerprint density at radius 1 is 0.500 bits per heavy atom.